The third-order valence-electron chi connectivity index (χ3n) is 9.90. The van der Waals surface area contributed by atoms with E-state index >= 15 is 0 Å². The quantitative estimate of drug-likeness (QED) is 0.373. The number of amides is 1. The summed E-state index contributed by atoms with van der Waals surface area (Å²) in [5.74, 6) is 0.751. The molecule has 6 heteroatoms. The van der Waals surface area contributed by atoms with Crippen molar-refractivity contribution in [2.75, 3.05) is 33.7 Å². The zero-order chi connectivity index (χ0) is 29.1. The minimum atomic E-state index is -0.257. The van der Waals surface area contributed by atoms with Gasteiger partial charge in [-0.25, -0.2) is 0 Å². The molecule has 6 rings (SSSR count). The Hall–Kier alpha value is -2.70. The van der Waals surface area contributed by atoms with Crippen LogP contribution in [0.1, 0.15) is 58.6 Å². The normalized spacial score (nSPS) is 21.6. The fourth-order valence-corrected chi connectivity index (χ4v) is 7.43. The van der Waals surface area contributed by atoms with Gasteiger partial charge in [0, 0.05) is 43.3 Å². The van der Waals surface area contributed by atoms with E-state index in [1.807, 2.05) is 24.3 Å². The molecule has 3 aromatic rings. The highest BCUT2D eigenvalue weighted by Gasteiger charge is 2.32. The number of rotatable bonds is 8. The molecule has 0 bridgehead atoms. The van der Waals surface area contributed by atoms with Gasteiger partial charge in [-0.05, 0) is 110 Å². The summed E-state index contributed by atoms with van der Waals surface area (Å²) in [7, 11) is 4.42. The number of fused-ring (bicyclic) bond motifs is 2. The van der Waals surface area contributed by atoms with E-state index in [0.29, 0.717) is 24.4 Å². The number of hydrogen-bond acceptors (Lipinski definition) is 4. The van der Waals surface area contributed by atoms with E-state index in [9.17, 15) is 4.79 Å². The van der Waals surface area contributed by atoms with Gasteiger partial charge in [0.25, 0.3) is 0 Å². The van der Waals surface area contributed by atoms with Crippen LogP contribution in [0.3, 0.4) is 0 Å². The largest absolute Gasteiger partial charge is 0.341 e. The Kier molecular flexibility index (Phi) is 9.30. The van der Waals surface area contributed by atoms with Crippen molar-refractivity contribution in [3.8, 4) is 0 Å². The Labute approximate surface area is 256 Å². The number of piperidine rings is 1. The van der Waals surface area contributed by atoms with Crippen LogP contribution in [0.2, 0.25) is 5.02 Å². The number of nitrogens with zero attached hydrogens (tertiary/aromatic N) is 2. The number of halogens is 1. The predicted molar refractivity (Wildman–Crippen MR) is 172 cm³/mol. The Morgan fingerprint density at radius 1 is 0.952 bits per heavy atom. The lowest BCUT2D eigenvalue weighted by Crippen LogP contribution is -2.53. The molecule has 1 saturated heterocycles. The van der Waals surface area contributed by atoms with Gasteiger partial charge in [0.2, 0.25) is 5.91 Å². The second kappa shape index (κ2) is 13.3. The molecule has 1 unspecified atom stereocenters. The molecule has 2 N–H and O–H groups in total. The molecule has 0 aromatic heterocycles. The molecule has 3 aromatic carbocycles. The van der Waals surface area contributed by atoms with Crippen molar-refractivity contribution in [1.82, 2.24) is 20.4 Å². The lowest BCUT2D eigenvalue weighted by atomic mass is 9.78. The highest BCUT2D eigenvalue weighted by atomic mass is 35.5. The number of carbonyl (C=O) groups excluding carboxylic acids is 1. The topological polar surface area (TPSA) is 47.6 Å². The summed E-state index contributed by atoms with van der Waals surface area (Å²) in [6.07, 6.45) is 7.26. The molecule has 222 valence electrons. The van der Waals surface area contributed by atoms with Crippen molar-refractivity contribution in [3.05, 3.63) is 105 Å². The van der Waals surface area contributed by atoms with Gasteiger partial charge < -0.3 is 20.4 Å². The smallest absolute Gasteiger partial charge is 0.240 e. The van der Waals surface area contributed by atoms with Gasteiger partial charge in [-0.15, -0.1) is 0 Å². The molecular weight excluding hydrogens is 540 g/mol. The molecule has 2 heterocycles. The first-order valence-corrected chi connectivity index (χ1v) is 16.2. The maximum absolute atomic E-state index is 14.0. The molecule has 0 radical (unpaired) electrons. The average Bonchev–Trinajstić information content (AvgIpc) is 3.03. The molecule has 1 fully saturated rings. The number of aryl methyl sites for hydroxylation is 1. The molecule has 2 aliphatic heterocycles. The van der Waals surface area contributed by atoms with Gasteiger partial charge >= 0.3 is 0 Å². The van der Waals surface area contributed by atoms with E-state index in [1.165, 1.54) is 35.1 Å². The molecule has 1 aliphatic carbocycles. The van der Waals surface area contributed by atoms with Crippen LogP contribution in [0, 0.1) is 0 Å². The number of likely N-dealkylation sites (tertiary alicyclic amines) is 1. The minimum Gasteiger partial charge on any atom is -0.341 e. The van der Waals surface area contributed by atoms with Gasteiger partial charge in [-0.1, -0.05) is 66.2 Å². The average molecular weight is 585 g/mol. The van der Waals surface area contributed by atoms with Crippen LogP contribution in [-0.4, -0.2) is 67.6 Å². The molecule has 0 spiro atoms. The van der Waals surface area contributed by atoms with Crippen molar-refractivity contribution in [2.24, 2.45) is 0 Å². The van der Waals surface area contributed by atoms with Crippen molar-refractivity contribution >= 4 is 17.5 Å². The molecule has 42 heavy (non-hydrogen) atoms. The zero-order valence-electron chi connectivity index (χ0n) is 25.1. The molecule has 5 nitrogen and oxygen atoms in total. The Balaban J connectivity index is 1.12. The standard InChI is InChI=1S/C36H45ClN4O/c1-40(2)32-15-12-26-8-5-9-33(34(26)22-32)27-16-18-41(19-17-27)36(42)35(20-25-10-13-30(37)14-11-25)39-24-31-21-28-6-3-4-7-29(28)23-38-31/h3-11,13-14,27,31-32,35,38-39H,12,15-24H2,1-2H3/t31-,32?,35-/m1/s1. The summed E-state index contributed by atoms with van der Waals surface area (Å²) in [5.41, 5.74) is 8.57. The highest BCUT2D eigenvalue weighted by molar-refractivity contribution is 6.30. The van der Waals surface area contributed by atoms with Gasteiger partial charge in [0.15, 0.2) is 0 Å². The molecular formula is C36H45ClN4O. The second-order valence-electron chi connectivity index (χ2n) is 12.8. The molecule has 0 saturated carbocycles. The van der Waals surface area contributed by atoms with Crippen molar-refractivity contribution in [3.63, 3.8) is 0 Å². The number of likely N-dealkylation sites (N-methyl/N-ethyl adjacent to an activating group) is 1. The summed E-state index contributed by atoms with van der Waals surface area (Å²) < 4.78 is 0. The van der Waals surface area contributed by atoms with Crippen LogP contribution in [-0.2, 0) is 37.0 Å². The van der Waals surface area contributed by atoms with Crippen LogP contribution < -0.4 is 10.6 Å². The van der Waals surface area contributed by atoms with Gasteiger partial charge in [0.1, 0.15) is 0 Å². The van der Waals surface area contributed by atoms with Crippen LogP contribution in [0.25, 0.3) is 0 Å². The van der Waals surface area contributed by atoms with E-state index in [-0.39, 0.29) is 11.9 Å². The summed E-state index contributed by atoms with van der Waals surface area (Å²) in [4.78, 5) is 18.5. The van der Waals surface area contributed by atoms with Crippen LogP contribution in [0.5, 0.6) is 0 Å². The van der Waals surface area contributed by atoms with Gasteiger partial charge in [0.05, 0.1) is 6.04 Å². The number of benzene rings is 3. The first-order chi connectivity index (χ1) is 20.4. The summed E-state index contributed by atoms with van der Waals surface area (Å²) in [6, 6.07) is 24.2. The number of nitrogens with one attached hydrogen (secondary N) is 2. The van der Waals surface area contributed by atoms with Crippen LogP contribution in [0.4, 0.5) is 0 Å². The maximum atomic E-state index is 14.0. The first-order valence-electron chi connectivity index (χ1n) is 15.8. The summed E-state index contributed by atoms with van der Waals surface area (Å²) >= 11 is 6.17. The summed E-state index contributed by atoms with van der Waals surface area (Å²) in [6.45, 7) is 3.28. The van der Waals surface area contributed by atoms with E-state index < -0.39 is 0 Å². The van der Waals surface area contributed by atoms with E-state index in [1.54, 1.807) is 5.56 Å². The molecule has 3 aliphatic rings. The van der Waals surface area contributed by atoms with Crippen molar-refractivity contribution in [1.29, 1.82) is 0 Å². The van der Waals surface area contributed by atoms with E-state index in [2.05, 4.69) is 77.0 Å². The third-order valence-corrected chi connectivity index (χ3v) is 10.2. The first kappa shape index (κ1) is 29.4. The Bertz CT molecular complexity index is 1370. The number of hydrogen-bond donors (Lipinski definition) is 2. The predicted octanol–water partition coefficient (Wildman–Crippen LogP) is 5.38. The van der Waals surface area contributed by atoms with Crippen LogP contribution >= 0.6 is 11.6 Å². The molecule has 3 atom stereocenters. The van der Waals surface area contributed by atoms with Crippen molar-refractivity contribution in [2.45, 2.75) is 75.5 Å². The van der Waals surface area contributed by atoms with Crippen molar-refractivity contribution < 1.29 is 4.79 Å². The Morgan fingerprint density at radius 3 is 2.45 bits per heavy atom. The fourth-order valence-electron chi connectivity index (χ4n) is 7.30. The number of carbonyl (C=O) groups is 1. The van der Waals surface area contributed by atoms with E-state index in [4.69, 9.17) is 11.6 Å². The summed E-state index contributed by atoms with van der Waals surface area (Å²) in [5, 5.41) is 8.08. The van der Waals surface area contributed by atoms with Crippen LogP contribution in [0.15, 0.2) is 66.7 Å². The third kappa shape index (κ3) is 6.75. The second-order valence-corrected chi connectivity index (χ2v) is 13.2. The highest BCUT2D eigenvalue weighted by Crippen LogP contribution is 2.36. The van der Waals surface area contributed by atoms with Gasteiger partial charge in [-0.3, -0.25) is 4.79 Å². The van der Waals surface area contributed by atoms with E-state index in [0.717, 1.165) is 62.4 Å². The molecule has 1 amide bonds. The van der Waals surface area contributed by atoms with Gasteiger partial charge in [-0.2, -0.15) is 0 Å². The minimum absolute atomic E-state index is 0.224. The lowest BCUT2D eigenvalue weighted by molar-refractivity contribution is -0.134. The monoisotopic (exact) mass is 584 g/mol. The lowest BCUT2D eigenvalue weighted by Gasteiger charge is -2.37. The Morgan fingerprint density at radius 2 is 1.69 bits per heavy atom. The fraction of sp³-hybridized carbons (Fsp3) is 0.472. The zero-order valence-corrected chi connectivity index (χ0v) is 25.9. The maximum Gasteiger partial charge on any atom is 0.240 e. The SMILES string of the molecule is CN(C)C1CCc2cccc(C3CCN(C(=O)[C@@H](Cc4ccc(Cl)cc4)NC[C@H]4Cc5ccccc5CN4)CC3)c2C1.